The number of ether oxygens (including phenoxy) is 1. The Labute approximate surface area is 224 Å². The second-order valence-corrected chi connectivity index (χ2v) is 10.6. The van der Waals surface area contributed by atoms with E-state index in [9.17, 15) is 9.59 Å². The van der Waals surface area contributed by atoms with Crippen LogP contribution in [-0.2, 0) is 14.3 Å². The fourth-order valence-corrected chi connectivity index (χ4v) is 6.04. The van der Waals surface area contributed by atoms with E-state index in [2.05, 4.69) is 27.3 Å². The molecule has 5 heterocycles. The van der Waals surface area contributed by atoms with Crippen LogP contribution >= 0.6 is 11.3 Å². The van der Waals surface area contributed by atoms with Crippen molar-refractivity contribution in [2.24, 2.45) is 5.92 Å². The van der Waals surface area contributed by atoms with Crippen LogP contribution in [0, 0.1) is 5.92 Å². The van der Waals surface area contributed by atoms with Crippen molar-refractivity contribution in [3.8, 4) is 21.8 Å². The number of pyridine rings is 1. The van der Waals surface area contributed by atoms with E-state index in [1.54, 1.807) is 22.4 Å². The fraction of sp³-hybridized carbons (Fsp3) is 0.321. The lowest BCUT2D eigenvalue weighted by Gasteiger charge is -2.28. The van der Waals surface area contributed by atoms with Gasteiger partial charge in [-0.25, -0.2) is 9.97 Å². The minimum Gasteiger partial charge on any atom is -0.378 e. The summed E-state index contributed by atoms with van der Waals surface area (Å²) < 4.78 is 6.63. The van der Waals surface area contributed by atoms with Gasteiger partial charge >= 0.3 is 0 Å². The van der Waals surface area contributed by atoms with Crippen LogP contribution in [0.25, 0.3) is 32.0 Å². The Hall–Kier alpha value is -3.89. The molecule has 0 bridgehead atoms. The van der Waals surface area contributed by atoms with Gasteiger partial charge in [0.15, 0.2) is 11.6 Å². The summed E-state index contributed by atoms with van der Waals surface area (Å²) in [5, 5.41) is 3.06. The highest BCUT2D eigenvalue weighted by Gasteiger charge is 2.25. The van der Waals surface area contributed by atoms with Crippen LogP contribution in [0.5, 0.6) is 0 Å². The summed E-state index contributed by atoms with van der Waals surface area (Å²) in [5.41, 5.74) is 3.48. The molecule has 1 N–H and O–H groups in total. The summed E-state index contributed by atoms with van der Waals surface area (Å²) in [4.78, 5) is 43.2. The Balaban J connectivity index is 1.32. The number of anilines is 2. The summed E-state index contributed by atoms with van der Waals surface area (Å²) in [6.45, 7) is 4.09. The molecule has 0 radical (unpaired) electrons. The van der Waals surface area contributed by atoms with Crippen molar-refractivity contribution in [1.82, 2.24) is 19.9 Å². The van der Waals surface area contributed by atoms with Crippen LogP contribution in [-0.4, -0.2) is 71.6 Å². The smallest absolute Gasteiger partial charge is 0.227 e. The van der Waals surface area contributed by atoms with Crippen LogP contribution in [0.4, 0.5) is 11.5 Å². The number of carbonyl (C=O) groups is 2. The number of benzene rings is 1. The molecule has 6 rings (SSSR count). The van der Waals surface area contributed by atoms with E-state index < -0.39 is 0 Å². The van der Waals surface area contributed by atoms with E-state index in [-0.39, 0.29) is 11.8 Å². The Morgan fingerprint density at radius 3 is 2.61 bits per heavy atom. The maximum atomic E-state index is 12.9. The van der Waals surface area contributed by atoms with Gasteiger partial charge in [0, 0.05) is 66.2 Å². The number of hydrogen-bond acceptors (Lipinski definition) is 8. The molecule has 0 saturated carbocycles. The van der Waals surface area contributed by atoms with Crippen molar-refractivity contribution < 1.29 is 14.3 Å². The molecule has 3 aromatic heterocycles. The molecule has 2 aliphatic heterocycles. The average Bonchev–Trinajstić information content (AvgIpc) is 3.42. The van der Waals surface area contributed by atoms with Crippen molar-refractivity contribution in [1.29, 1.82) is 0 Å². The predicted octanol–water partition coefficient (Wildman–Crippen LogP) is 4.06. The maximum absolute atomic E-state index is 12.9. The monoisotopic (exact) mass is 528 g/mol. The SMILES string of the molecule is O=CN1CCC(C(=O)Nc2cccc(-c3nc(N4CCOCC4)c4sc(-c5cccnc5)cc4n3)c2)CC1. The lowest BCUT2D eigenvalue weighted by atomic mass is 9.96. The standard InChI is InChI=1S/C28H28N6O3S/c35-18-33-9-6-19(7-10-33)28(36)30-22-5-1-3-20(15-22)26-31-23-16-24(21-4-2-8-29-17-21)38-25(23)27(32-26)34-11-13-37-14-12-34/h1-5,8,15-19H,6-7,9-14H2,(H,30,36). The lowest BCUT2D eigenvalue weighted by Crippen LogP contribution is -2.37. The molecule has 0 aliphatic carbocycles. The number of amides is 2. The molecule has 2 saturated heterocycles. The van der Waals surface area contributed by atoms with Gasteiger partial charge in [0.1, 0.15) is 0 Å². The first-order valence-corrected chi connectivity index (χ1v) is 13.6. The average molecular weight is 529 g/mol. The number of rotatable bonds is 6. The third-order valence-electron chi connectivity index (χ3n) is 7.05. The van der Waals surface area contributed by atoms with E-state index in [4.69, 9.17) is 14.7 Å². The minimum atomic E-state index is -0.105. The van der Waals surface area contributed by atoms with Gasteiger partial charge in [-0.3, -0.25) is 14.6 Å². The zero-order chi connectivity index (χ0) is 25.9. The van der Waals surface area contributed by atoms with Gasteiger partial charge in [0.25, 0.3) is 0 Å². The summed E-state index contributed by atoms with van der Waals surface area (Å²) in [5.74, 6) is 1.40. The zero-order valence-electron chi connectivity index (χ0n) is 20.9. The number of thiophene rings is 1. The molecule has 194 valence electrons. The number of fused-ring (bicyclic) bond motifs is 1. The van der Waals surface area contributed by atoms with E-state index in [1.165, 1.54) is 0 Å². The van der Waals surface area contributed by atoms with Crippen LogP contribution < -0.4 is 10.2 Å². The zero-order valence-corrected chi connectivity index (χ0v) is 21.7. The molecule has 0 atom stereocenters. The van der Waals surface area contributed by atoms with Gasteiger partial charge < -0.3 is 19.9 Å². The van der Waals surface area contributed by atoms with E-state index in [1.807, 2.05) is 36.5 Å². The van der Waals surface area contributed by atoms with Gasteiger partial charge in [-0.1, -0.05) is 18.2 Å². The summed E-state index contributed by atoms with van der Waals surface area (Å²) in [6.07, 6.45) is 5.83. The van der Waals surface area contributed by atoms with Gasteiger partial charge in [-0.15, -0.1) is 11.3 Å². The third-order valence-corrected chi connectivity index (χ3v) is 8.22. The van der Waals surface area contributed by atoms with E-state index in [0.29, 0.717) is 50.7 Å². The first-order valence-electron chi connectivity index (χ1n) is 12.8. The first-order chi connectivity index (χ1) is 18.7. The molecule has 0 spiro atoms. The van der Waals surface area contributed by atoms with Crippen molar-refractivity contribution in [2.45, 2.75) is 12.8 Å². The largest absolute Gasteiger partial charge is 0.378 e. The summed E-state index contributed by atoms with van der Waals surface area (Å²) in [7, 11) is 0. The van der Waals surface area contributed by atoms with Crippen molar-refractivity contribution >= 4 is 45.4 Å². The Kier molecular flexibility index (Phi) is 6.98. The third kappa shape index (κ3) is 5.09. The highest BCUT2D eigenvalue weighted by Crippen LogP contribution is 2.38. The fourth-order valence-electron chi connectivity index (χ4n) is 4.93. The van der Waals surface area contributed by atoms with E-state index in [0.717, 1.165) is 51.5 Å². The van der Waals surface area contributed by atoms with Gasteiger partial charge in [0.05, 0.1) is 23.4 Å². The quantitative estimate of drug-likeness (QED) is 0.377. The second-order valence-electron chi connectivity index (χ2n) is 9.52. The Morgan fingerprint density at radius 2 is 1.84 bits per heavy atom. The number of nitrogens with zero attached hydrogens (tertiary/aromatic N) is 5. The molecular formula is C28H28N6O3S. The normalized spacial score (nSPS) is 16.5. The highest BCUT2D eigenvalue weighted by molar-refractivity contribution is 7.22. The number of nitrogens with one attached hydrogen (secondary N) is 1. The first kappa shape index (κ1) is 24.4. The lowest BCUT2D eigenvalue weighted by molar-refractivity contribution is -0.125. The number of hydrogen-bond donors (Lipinski definition) is 1. The number of piperidine rings is 1. The molecule has 2 fully saturated rings. The van der Waals surface area contributed by atoms with Crippen molar-refractivity contribution in [3.05, 3.63) is 54.9 Å². The van der Waals surface area contributed by atoms with Crippen LogP contribution in [0.15, 0.2) is 54.9 Å². The number of morpholine rings is 1. The molecule has 10 heteroatoms. The van der Waals surface area contributed by atoms with Gasteiger partial charge in [-0.05, 0) is 37.1 Å². The number of carbonyl (C=O) groups excluding carboxylic acids is 2. The second kappa shape index (κ2) is 10.8. The molecule has 9 nitrogen and oxygen atoms in total. The molecule has 0 unspecified atom stereocenters. The van der Waals surface area contributed by atoms with Gasteiger partial charge in [-0.2, -0.15) is 0 Å². The Bertz CT molecular complexity index is 1450. The number of likely N-dealkylation sites (tertiary alicyclic amines) is 1. The predicted molar refractivity (Wildman–Crippen MR) is 148 cm³/mol. The number of aromatic nitrogens is 3. The van der Waals surface area contributed by atoms with Crippen molar-refractivity contribution in [3.63, 3.8) is 0 Å². The van der Waals surface area contributed by atoms with Crippen LogP contribution in [0.2, 0.25) is 0 Å². The topological polar surface area (TPSA) is 101 Å². The molecule has 1 aromatic carbocycles. The van der Waals surface area contributed by atoms with E-state index >= 15 is 0 Å². The highest BCUT2D eigenvalue weighted by atomic mass is 32.1. The molecule has 2 amide bonds. The summed E-state index contributed by atoms with van der Waals surface area (Å²) in [6, 6.07) is 13.8. The molecule has 2 aliphatic rings. The Morgan fingerprint density at radius 1 is 1.03 bits per heavy atom. The molecular weight excluding hydrogens is 500 g/mol. The minimum absolute atomic E-state index is 0.0166. The van der Waals surface area contributed by atoms with Crippen LogP contribution in [0.1, 0.15) is 12.8 Å². The van der Waals surface area contributed by atoms with Crippen molar-refractivity contribution in [2.75, 3.05) is 49.6 Å². The summed E-state index contributed by atoms with van der Waals surface area (Å²) >= 11 is 1.67. The maximum Gasteiger partial charge on any atom is 0.227 e. The molecule has 38 heavy (non-hydrogen) atoms. The molecule has 4 aromatic rings. The van der Waals surface area contributed by atoms with Gasteiger partial charge in [0.2, 0.25) is 12.3 Å². The van der Waals surface area contributed by atoms with Crippen LogP contribution in [0.3, 0.4) is 0 Å².